The van der Waals surface area contributed by atoms with Crippen LogP contribution < -0.4 is 4.74 Å². The Hall–Kier alpha value is -2.19. The van der Waals surface area contributed by atoms with E-state index >= 15 is 0 Å². The summed E-state index contributed by atoms with van der Waals surface area (Å²) >= 11 is 6.27. The Balaban J connectivity index is 2.05. The summed E-state index contributed by atoms with van der Waals surface area (Å²) in [6, 6.07) is 3.21. The molecule has 1 saturated heterocycles. The average molecular weight is 465 g/mol. The van der Waals surface area contributed by atoms with Gasteiger partial charge in [0.05, 0.1) is 6.10 Å². The lowest BCUT2D eigenvalue weighted by Gasteiger charge is -2.21. The minimum atomic E-state index is -0.874. The maximum atomic E-state index is 13.1. The van der Waals surface area contributed by atoms with E-state index in [1.807, 2.05) is 13.0 Å². The molecule has 2 aliphatic rings. The highest BCUT2D eigenvalue weighted by molar-refractivity contribution is 6.31. The van der Waals surface area contributed by atoms with Crippen LogP contribution in [0.1, 0.15) is 50.0 Å². The van der Waals surface area contributed by atoms with Crippen LogP contribution in [0.25, 0.3) is 6.08 Å². The van der Waals surface area contributed by atoms with Gasteiger partial charge in [0.15, 0.2) is 18.4 Å². The number of cyclic esters (lactones) is 1. The van der Waals surface area contributed by atoms with Gasteiger partial charge in [-0.15, -0.1) is 0 Å². The highest BCUT2D eigenvalue weighted by atomic mass is 35.5. The molecule has 0 saturated carbocycles. The van der Waals surface area contributed by atoms with E-state index in [9.17, 15) is 9.59 Å². The molecular weight excluding hydrogens is 436 g/mol. The first kappa shape index (κ1) is 24.5. The highest BCUT2D eigenvalue weighted by Gasteiger charge is 2.43. The number of benzene rings is 1. The predicted octanol–water partition coefficient (Wildman–Crippen LogP) is 4.57. The van der Waals surface area contributed by atoms with E-state index in [4.69, 9.17) is 35.3 Å². The number of esters is 1. The van der Waals surface area contributed by atoms with Crippen LogP contribution >= 0.6 is 11.6 Å². The zero-order valence-electron chi connectivity index (χ0n) is 18.9. The smallest absolute Gasteiger partial charge is 0.342 e. The van der Waals surface area contributed by atoms with Gasteiger partial charge in [-0.05, 0) is 51.0 Å². The molecule has 0 N–H and O–H groups in total. The fourth-order valence-corrected chi connectivity index (χ4v) is 3.82. The van der Waals surface area contributed by atoms with Gasteiger partial charge in [-0.3, -0.25) is 4.79 Å². The second-order valence-electron chi connectivity index (χ2n) is 8.38. The van der Waals surface area contributed by atoms with Crippen LogP contribution in [0.15, 0.2) is 30.4 Å². The summed E-state index contributed by atoms with van der Waals surface area (Å²) in [7, 11) is 1.49. The molecule has 0 spiro atoms. The Morgan fingerprint density at radius 3 is 2.62 bits per heavy atom. The molecule has 7 nitrogen and oxygen atoms in total. The minimum absolute atomic E-state index is 0.0510. The number of carbonyl (C=O) groups is 2. The van der Waals surface area contributed by atoms with Crippen molar-refractivity contribution in [2.45, 2.75) is 58.2 Å². The van der Waals surface area contributed by atoms with Gasteiger partial charge >= 0.3 is 5.97 Å². The van der Waals surface area contributed by atoms with Crippen LogP contribution in [0.5, 0.6) is 5.75 Å². The summed E-state index contributed by atoms with van der Waals surface area (Å²) in [5, 5.41) is 0.396. The molecule has 4 atom stereocenters. The van der Waals surface area contributed by atoms with Crippen LogP contribution in [-0.2, 0) is 23.7 Å². The Kier molecular flexibility index (Phi) is 7.77. The zero-order valence-corrected chi connectivity index (χ0v) is 19.7. The van der Waals surface area contributed by atoms with Gasteiger partial charge in [0.25, 0.3) is 0 Å². The van der Waals surface area contributed by atoms with E-state index in [2.05, 4.69) is 0 Å². The van der Waals surface area contributed by atoms with Crippen molar-refractivity contribution in [3.63, 3.8) is 0 Å². The molecule has 2 aliphatic heterocycles. The number of hydrogen-bond acceptors (Lipinski definition) is 7. The molecule has 0 aliphatic carbocycles. The maximum Gasteiger partial charge on any atom is 0.342 e. The average Bonchev–Trinajstić information content (AvgIpc) is 3.03. The molecular formula is C24H29ClO7. The Labute approximate surface area is 193 Å². The zero-order chi connectivity index (χ0) is 23.5. The maximum absolute atomic E-state index is 13.1. The first-order valence-electron chi connectivity index (χ1n) is 10.5. The predicted molar refractivity (Wildman–Crippen MR) is 120 cm³/mol. The number of fused-ring (bicyclic) bond motifs is 2. The molecule has 1 aromatic carbocycles. The van der Waals surface area contributed by atoms with Crippen molar-refractivity contribution in [2.24, 2.45) is 5.92 Å². The fourth-order valence-electron chi connectivity index (χ4n) is 3.60. The lowest BCUT2D eigenvalue weighted by molar-refractivity contribution is -0.152. The second kappa shape index (κ2) is 10.2. The van der Waals surface area contributed by atoms with Gasteiger partial charge in [0.1, 0.15) is 23.5 Å². The quantitative estimate of drug-likeness (QED) is 0.479. The molecule has 0 radical (unpaired) electrons. The van der Waals surface area contributed by atoms with Gasteiger partial charge in [-0.1, -0.05) is 36.8 Å². The third-order valence-electron chi connectivity index (χ3n) is 5.36. The first-order chi connectivity index (χ1) is 15.1. The number of hydrogen-bond donors (Lipinski definition) is 0. The number of rotatable bonds is 3. The number of ether oxygens (including phenoxy) is 5. The summed E-state index contributed by atoms with van der Waals surface area (Å²) in [5.41, 5.74) is 0.779. The molecule has 0 amide bonds. The summed E-state index contributed by atoms with van der Waals surface area (Å²) < 4.78 is 28.1. The highest BCUT2D eigenvalue weighted by Crippen LogP contribution is 2.33. The SMILES string of the molecule is COCOc1cc(Cl)cc2c1C(=O)O[C@@H](C)[C@H](C)/C=C\C(=O)[C@H]1OC(C)(C)O[C@H]1C/C=C/2. The van der Waals surface area contributed by atoms with E-state index in [1.54, 1.807) is 45.1 Å². The molecule has 32 heavy (non-hydrogen) atoms. The molecule has 0 aromatic heterocycles. The number of ketones is 1. The van der Waals surface area contributed by atoms with Gasteiger partial charge in [0.2, 0.25) is 0 Å². The largest absolute Gasteiger partial charge is 0.467 e. The van der Waals surface area contributed by atoms with E-state index in [0.29, 0.717) is 17.0 Å². The number of methoxy groups -OCH3 is 1. The van der Waals surface area contributed by atoms with E-state index in [0.717, 1.165) is 0 Å². The van der Waals surface area contributed by atoms with E-state index in [1.165, 1.54) is 13.2 Å². The molecule has 1 fully saturated rings. The number of halogens is 1. The molecule has 2 heterocycles. The van der Waals surface area contributed by atoms with Crippen LogP contribution in [0.3, 0.4) is 0 Å². The Morgan fingerprint density at radius 1 is 1.16 bits per heavy atom. The normalized spacial score (nSPS) is 29.9. The Bertz CT molecular complexity index is 921. The van der Waals surface area contributed by atoms with E-state index in [-0.39, 0.29) is 29.8 Å². The molecule has 3 rings (SSSR count). The fraction of sp³-hybridized carbons (Fsp3) is 0.500. The van der Waals surface area contributed by atoms with Crippen molar-refractivity contribution in [3.8, 4) is 5.75 Å². The van der Waals surface area contributed by atoms with Crippen LogP contribution in [-0.4, -0.2) is 49.8 Å². The molecule has 1 aromatic rings. The van der Waals surface area contributed by atoms with Gasteiger partial charge in [0, 0.05) is 18.1 Å². The summed E-state index contributed by atoms with van der Waals surface area (Å²) in [6.45, 7) is 7.14. The number of carbonyl (C=O) groups excluding carboxylic acids is 2. The summed E-state index contributed by atoms with van der Waals surface area (Å²) in [5.74, 6) is -1.56. The standard InChI is InChI=1S/C24H29ClO7/c1-14-9-10-18(26)22-19(31-24(3,4)32-22)8-6-7-16-11-17(25)12-20(29-13-28-5)21(16)23(27)30-15(14)2/h6-7,9-12,14-15,19,22H,8,13H2,1-5H3/b7-6+,10-9-/t14-,15+,19+,22-/m1/s1. The van der Waals surface area contributed by atoms with Crippen LogP contribution in [0.4, 0.5) is 0 Å². The van der Waals surface area contributed by atoms with Crippen molar-refractivity contribution in [1.82, 2.24) is 0 Å². The lowest BCUT2D eigenvalue weighted by atomic mass is 10.00. The minimum Gasteiger partial charge on any atom is -0.467 e. The van der Waals surface area contributed by atoms with Crippen LogP contribution in [0, 0.1) is 5.92 Å². The van der Waals surface area contributed by atoms with Crippen molar-refractivity contribution < 1.29 is 33.3 Å². The van der Waals surface area contributed by atoms with Crippen molar-refractivity contribution in [2.75, 3.05) is 13.9 Å². The first-order valence-corrected chi connectivity index (χ1v) is 10.9. The van der Waals surface area contributed by atoms with Gasteiger partial charge in [-0.25, -0.2) is 4.79 Å². The molecule has 0 bridgehead atoms. The molecule has 0 unspecified atom stereocenters. The molecule has 8 heteroatoms. The topological polar surface area (TPSA) is 80.3 Å². The van der Waals surface area contributed by atoms with E-state index < -0.39 is 30.1 Å². The summed E-state index contributed by atoms with van der Waals surface area (Å²) in [4.78, 5) is 25.9. The molecule has 174 valence electrons. The van der Waals surface area contributed by atoms with Gasteiger partial charge in [-0.2, -0.15) is 0 Å². The van der Waals surface area contributed by atoms with Crippen LogP contribution in [0.2, 0.25) is 5.02 Å². The van der Waals surface area contributed by atoms with Crippen molar-refractivity contribution in [3.05, 3.63) is 46.5 Å². The second-order valence-corrected chi connectivity index (χ2v) is 8.82. The monoisotopic (exact) mass is 464 g/mol. The lowest BCUT2D eigenvalue weighted by Crippen LogP contribution is -2.30. The third-order valence-corrected chi connectivity index (χ3v) is 5.58. The Morgan fingerprint density at radius 2 is 1.91 bits per heavy atom. The third kappa shape index (κ3) is 5.78. The van der Waals surface area contributed by atoms with Crippen molar-refractivity contribution >= 4 is 29.4 Å². The summed E-state index contributed by atoms with van der Waals surface area (Å²) in [6.07, 6.45) is 5.48. The van der Waals surface area contributed by atoms with Gasteiger partial charge < -0.3 is 23.7 Å². The van der Waals surface area contributed by atoms with Crippen molar-refractivity contribution in [1.29, 1.82) is 0 Å².